The smallest absolute Gasteiger partial charge is 0.265 e. The monoisotopic (exact) mass is 438 g/mol. The zero-order chi connectivity index (χ0) is 20.6. The minimum absolute atomic E-state index is 0.126. The Balaban J connectivity index is 1.61. The van der Waals surface area contributed by atoms with Gasteiger partial charge in [-0.1, -0.05) is 6.07 Å². The molecule has 10 heteroatoms. The van der Waals surface area contributed by atoms with Crippen LogP contribution in [0.4, 0.5) is 14.5 Å². The number of hydrogen-bond donors (Lipinski definition) is 1. The van der Waals surface area contributed by atoms with Gasteiger partial charge in [0.05, 0.1) is 18.1 Å². The summed E-state index contributed by atoms with van der Waals surface area (Å²) in [6.45, 7) is 0.733. The van der Waals surface area contributed by atoms with Crippen LogP contribution in [0.5, 0.6) is 0 Å². The molecule has 152 valence electrons. The van der Waals surface area contributed by atoms with Crippen LogP contribution < -0.4 is 5.32 Å². The zero-order valence-electron chi connectivity index (χ0n) is 15.0. The number of thiophene rings is 1. The summed E-state index contributed by atoms with van der Waals surface area (Å²) in [5.41, 5.74) is 0.126. The molecular formula is C19H16F2N2O4S2. The summed E-state index contributed by atoms with van der Waals surface area (Å²) in [7, 11) is -4.06. The molecule has 1 N–H and O–H groups in total. The van der Waals surface area contributed by atoms with Gasteiger partial charge in [-0.05, 0) is 36.4 Å². The van der Waals surface area contributed by atoms with Gasteiger partial charge in [-0.2, -0.15) is 4.31 Å². The molecule has 0 radical (unpaired) electrons. The van der Waals surface area contributed by atoms with Crippen LogP contribution in [0.2, 0.25) is 0 Å². The van der Waals surface area contributed by atoms with Crippen molar-refractivity contribution in [2.75, 3.05) is 31.6 Å². The molecular weight excluding hydrogens is 422 g/mol. The van der Waals surface area contributed by atoms with Gasteiger partial charge in [-0.3, -0.25) is 4.79 Å². The number of hydrogen-bond acceptors (Lipinski definition) is 5. The minimum Gasteiger partial charge on any atom is -0.379 e. The van der Waals surface area contributed by atoms with Crippen molar-refractivity contribution in [2.24, 2.45) is 0 Å². The van der Waals surface area contributed by atoms with Crippen LogP contribution in [0, 0.1) is 11.6 Å². The molecule has 4 rings (SSSR count). The molecule has 1 aliphatic rings. The Morgan fingerprint density at radius 1 is 1.07 bits per heavy atom. The van der Waals surface area contributed by atoms with Crippen LogP contribution in [-0.4, -0.2) is 44.9 Å². The molecule has 1 aliphatic heterocycles. The molecule has 1 fully saturated rings. The lowest BCUT2D eigenvalue weighted by atomic mass is 10.2. The average Bonchev–Trinajstić information content (AvgIpc) is 3.16. The van der Waals surface area contributed by atoms with Gasteiger partial charge in [-0.25, -0.2) is 17.2 Å². The van der Waals surface area contributed by atoms with Gasteiger partial charge in [0.2, 0.25) is 10.0 Å². The van der Waals surface area contributed by atoms with E-state index in [2.05, 4.69) is 5.32 Å². The van der Waals surface area contributed by atoms with E-state index in [9.17, 15) is 22.0 Å². The summed E-state index contributed by atoms with van der Waals surface area (Å²) >= 11 is 1.11. The molecule has 6 nitrogen and oxygen atoms in total. The second-order valence-electron chi connectivity index (χ2n) is 6.38. The number of carbonyl (C=O) groups is 1. The molecule has 3 aromatic rings. The maximum absolute atomic E-state index is 14.3. The molecule has 0 unspecified atom stereocenters. The number of nitrogens with zero attached hydrogens (tertiary/aromatic N) is 1. The number of nitrogens with one attached hydrogen (secondary N) is 1. The minimum atomic E-state index is -4.06. The van der Waals surface area contributed by atoms with E-state index in [1.807, 2.05) is 0 Å². The first-order valence-electron chi connectivity index (χ1n) is 8.73. The van der Waals surface area contributed by atoms with Crippen LogP contribution in [-0.2, 0) is 14.8 Å². The lowest BCUT2D eigenvalue weighted by molar-refractivity contribution is 0.0729. The molecule has 0 bridgehead atoms. The highest BCUT2D eigenvalue weighted by Crippen LogP contribution is 2.29. The first kappa shape index (κ1) is 19.9. The fourth-order valence-electron chi connectivity index (χ4n) is 3.03. The second-order valence-corrected chi connectivity index (χ2v) is 9.37. The maximum atomic E-state index is 14.3. The lowest BCUT2D eigenvalue weighted by Crippen LogP contribution is -2.40. The Morgan fingerprint density at radius 2 is 1.83 bits per heavy atom. The SMILES string of the molecule is O=C(Nc1ccc(F)c(S(=O)(=O)N2CCOCC2)c1)c1cc2c(F)cccc2s1. The Kier molecular flexibility index (Phi) is 5.34. The maximum Gasteiger partial charge on any atom is 0.265 e. The molecule has 0 aliphatic carbocycles. The molecule has 0 atom stereocenters. The van der Waals surface area contributed by atoms with Crippen molar-refractivity contribution in [3.63, 3.8) is 0 Å². The van der Waals surface area contributed by atoms with E-state index in [0.717, 1.165) is 27.8 Å². The topological polar surface area (TPSA) is 75.7 Å². The number of halogens is 2. The van der Waals surface area contributed by atoms with E-state index in [0.29, 0.717) is 10.1 Å². The number of amides is 1. The van der Waals surface area contributed by atoms with E-state index in [4.69, 9.17) is 4.74 Å². The number of sulfonamides is 1. The zero-order valence-corrected chi connectivity index (χ0v) is 16.7. The molecule has 0 saturated carbocycles. The van der Waals surface area contributed by atoms with E-state index >= 15 is 0 Å². The highest BCUT2D eigenvalue weighted by molar-refractivity contribution is 7.89. The van der Waals surface area contributed by atoms with E-state index < -0.39 is 32.5 Å². The van der Waals surface area contributed by atoms with Gasteiger partial charge >= 0.3 is 0 Å². The molecule has 2 aromatic carbocycles. The molecule has 1 amide bonds. The Morgan fingerprint density at radius 3 is 2.55 bits per heavy atom. The van der Waals surface area contributed by atoms with E-state index in [1.54, 1.807) is 12.1 Å². The molecule has 29 heavy (non-hydrogen) atoms. The fraction of sp³-hybridized carbons (Fsp3) is 0.211. The normalized spacial score (nSPS) is 15.5. The van der Waals surface area contributed by atoms with Crippen molar-refractivity contribution in [1.82, 2.24) is 4.31 Å². The first-order chi connectivity index (χ1) is 13.9. The first-order valence-corrected chi connectivity index (χ1v) is 11.0. The van der Waals surface area contributed by atoms with Crippen LogP contribution in [0.1, 0.15) is 9.67 Å². The van der Waals surface area contributed by atoms with Gasteiger partial charge < -0.3 is 10.1 Å². The van der Waals surface area contributed by atoms with Crippen molar-refractivity contribution in [2.45, 2.75) is 4.90 Å². The summed E-state index contributed by atoms with van der Waals surface area (Å²) < 4.78 is 60.5. The number of benzene rings is 2. The summed E-state index contributed by atoms with van der Waals surface area (Å²) in [5.74, 6) is -1.87. The number of rotatable bonds is 4. The average molecular weight is 438 g/mol. The predicted octanol–water partition coefficient (Wildman–Crippen LogP) is 3.45. The standard InChI is InChI=1S/C19H16F2N2O4S2/c20-14-2-1-3-16-13(14)11-17(28-16)19(24)22-12-4-5-15(21)18(10-12)29(25,26)23-6-8-27-9-7-23/h1-5,10-11H,6-9H2,(H,22,24). The van der Waals surface area contributed by atoms with Crippen LogP contribution in [0.15, 0.2) is 47.4 Å². The van der Waals surface area contributed by atoms with Gasteiger partial charge in [0.15, 0.2) is 0 Å². The molecule has 1 aromatic heterocycles. The van der Waals surface area contributed by atoms with Crippen molar-refractivity contribution >= 4 is 43.0 Å². The summed E-state index contributed by atoms with van der Waals surface area (Å²) in [5, 5.41) is 2.89. The third-order valence-corrected chi connectivity index (χ3v) is 7.52. The highest BCUT2D eigenvalue weighted by atomic mass is 32.2. The third-order valence-electron chi connectivity index (χ3n) is 4.51. The van der Waals surface area contributed by atoms with Crippen molar-refractivity contribution in [3.8, 4) is 0 Å². The predicted molar refractivity (Wildman–Crippen MR) is 106 cm³/mol. The van der Waals surface area contributed by atoms with Crippen molar-refractivity contribution in [3.05, 3.63) is 59.0 Å². The van der Waals surface area contributed by atoms with E-state index in [1.165, 1.54) is 18.2 Å². The largest absolute Gasteiger partial charge is 0.379 e. The Labute approximate surface area is 169 Å². The number of ether oxygens (including phenoxy) is 1. The highest BCUT2D eigenvalue weighted by Gasteiger charge is 2.29. The quantitative estimate of drug-likeness (QED) is 0.677. The van der Waals surface area contributed by atoms with Crippen LogP contribution in [0.3, 0.4) is 0 Å². The third kappa shape index (κ3) is 3.88. The van der Waals surface area contributed by atoms with Gasteiger partial charge in [0, 0.05) is 28.9 Å². The van der Waals surface area contributed by atoms with Crippen molar-refractivity contribution < 1.29 is 26.7 Å². The molecule has 1 saturated heterocycles. The van der Waals surface area contributed by atoms with Gasteiger partial charge in [0.25, 0.3) is 5.91 Å². The fourth-order valence-corrected chi connectivity index (χ4v) is 5.50. The van der Waals surface area contributed by atoms with Crippen LogP contribution >= 0.6 is 11.3 Å². The summed E-state index contributed by atoms with van der Waals surface area (Å²) in [6, 6.07) is 9.35. The van der Waals surface area contributed by atoms with E-state index in [-0.39, 0.29) is 36.9 Å². The van der Waals surface area contributed by atoms with Gasteiger partial charge in [-0.15, -0.1) is 11.3 Å². The second kappa shape index (κ2) is 7.79. The number of anilines is 1. The van der Waals surface area contributed by atoms with Gasteiger partial charge in [0.1, 0.15) is 16.5 Å². The van der Waals surface area contributed by atoms with Crippen molar-refractivity contribution in [1.29, 1.82) is 0 Å². The number of carbonyl (C=O) groups excluding carboxylic acids is 1. The number of morpholine rings is 1. The Hall–Kier alpha value is -2.40. The summed E-state index contributed by atoms with van der Waals surface area (Å²) in [6.07, 6.45) is 0. The van der Waals surface area contributed by atoms with Crippen LogP contribution in [0.25, 0.3) is 10.1 Å². The lowest BCUT2D eigenvalue weighted by Gasteiger charge is -2.26. The Bertz CT molecular complexity index is 1190. The molecule has 0 spiro atoms. The molecule has 2 heterocycles. The number of fused-ring (bicyclic) bond motifs is 1. The summed E-state index contributed by atoms with van der Waals surface area (Å²) in [4.78, 5) is 12.3.